The summed E-state index contributed by atoms with van der Waals surface area (Å²) in [4.78, 5) is 27.6. The lowest BCUT2D eigenvalue weighted by molar-refractivity contribution is -0.113. The van der Waals surface area contributed by atoms with Gasteiger partial charge in [0.25, 0.3) is 0 Å². The third kappa shape index (κ3) is 4.33. The number of anilines is 2. The topological polar surface area (TPSA) is 71.0 Å². The van der Waals surface area contributed by atoms with E-state index >= 15 is 0 Å². The van der Waals surface area contributed by atoms with Crippen LogP contribution in [0.3, 0.4) is 0 Å². The Hall–Kier alpha value is -1.91. The number of para-hydroxylation sites is 1. The van der Waals surface area contributed by atoms with Crippen molar-refractivity contribution in [2.24, 2.45) is 0 Å². The van der Waals surface area contributed by atoms with Crippen molar-refractivity contribution in [3.8, 4) is 0 Å². The van der Waals surface area contributed by atoms with Gasteiger partial charge in [-0.3, -0.25) is 4.79 Å². The number of carbonyl (C=O) groups excluding carboxylic acids is 1. The maximum Gasteiger partial charge on any atom is 0.234 e. The normalized spacial score (nSPS) is 14.5. The molecule has 1 saturated heterocycles. The number of aromatic nitrogens is 3. The molecule has 3 aromatic rings. The number of carbonyl (C=O) groups is 1. The molecule has 0 aliphatic carbocycles. The molecule has 140 valence electrons. The minimum atomic E-state index is -0.452. The van der Waals surface area contributed by atoms with Crippen LogP contribution in [0.1, 0.15) is 0 Å². The van der Waals surface area contributed by atoms with Crippen LogP contribution >= 0.6 is 34.9 Å². The van der Waals surface area contributed by atoms with E-state index < -0.39 is 5.82 Å². The Morgan fingerprint density at radius 3 is 2.89 bits per heavy atom. The van der Waals surface area contributed by atoms with Gasteiger partial charge in [0, 0.05) is 24.6 Å². The van der Waals surface area contributed by atoms with Crippen LogP contribution in [0.5, 0.6) is 0 Å². The summed E-state index contributed by atoms with van der Waals surface area (Å²) in [5, 5.41) is 4.25. The summed E-state index contributed by atoms with van der Waals surface area (Å²) >= 11 is 4.81. The van der Waals surface area contributed by atoms with E-state index in [1.54, 1.807) is 23.5 Å². The van der Waals surface area contributed by atoms with E-state index in [1.807, 2.05) is 11.8 Å². The number of fused-ring (bicyclic) bond motifs is 1. The van der Waals surface area contributed by atoms with Crippen molar-refractivity contribution in [1.29, 1.82) is 0 Å². The van der Waals surface area contributed by atoms with Gasteiger partial charge < -0.3 is 10.2 Å². The lowest BCUT2D eigenvalue weighted by Gasteiger charge is -2.25. The highest BCUT2D eigenvalue weighted by molar-refractivity contribution is 8.00. The second kappa shape index (κ2) is 8.41. The summed E-state index contributed by atoms with van der Waals surface area (Å²) in [6.45, 7) is 1.96. The number of thiazole rings is 1. The fourth-order valence-corrected chi connectivity index (χ4v) is 5.44. The molecule has 3 heterocycles. The van der Waals surface area contributed by atoms with Gasteiger partial charge in [-0.25, -0.2) is 14.4 Å². The Kier molecular flexibility index (Phi) is 5.74. The minimum absolute atomic E-state index is 0.133. The second-order valence-corrected chi connectivity index (χ2v) is 8.91. The van der Waals surface area contributed by atoms with Gasteiger partial charge in [0.1, 0.15) is 21.9 Å². The highest BCUT2D eigenvalue weighted by atomic mass is 32.2. The molecule has 1 aromatic carbocycles. The molecular formula is C17H16FN5OS3. The monoisotopic (exact) mass is 421 g/mol. The van der Waals surface area contributed by atoms with Gasteiger partial charge in [-0.1, -0.05) is 35.2 Å². The van der Waals surface area contributed by atoms with E-state index in [9.17, 15) is 9.18 Å². The fraction of sp³-hybridized carbons (Fsp3) is 0.294. The molecule has 0 unspecified atom stereocenters. The molecule has 10 heteroatoms. The van der Waals surface area contributed by atoms with Crippen LogP contribution < -0.4 is 10.2 Å². The first-order valence-electron chi connectivity index (χ1n) is 8.32. The van der Waals surface area contributed by atoms with Gasteiger partial charge in [-0.15, -0.1) is 0 Å². The number of thioether (sulfide) groups is 2. The van der Waals surface area contributed by atoms with E-state index in [1.165, 1.54) is 30.2 Å². The number of halogens is 1. The SMILES string of the molecule is O=C(CSc1ncnc2nc(N3CCSCC3)sc12)Nc1ccccc1F. The molecular weight excluding hydrogens is 405 g/mol. The molecule has 27 heavy (non-hydrogen) atoms. The highest BCUT2D eigenvalue weighted by Gasteiger charge is 2.18. The Morgan fingerprint density at radius 1 is 1.26 bits per heavy atom. The van der Waals surface area contributed by atoms with Crippen molar-refractivity contribution in [2.75, 3.05) is 40.6 Å². The molecule has 0 radical (unpaired) electrons. The number of amides is 1. The van der Waals surface area contributed by atoms with Crippen LogP contribution in [0.2, 0.25) is 0 Å². The van der Waals surface area contributed by atoms with Gasteiger partial charge in [-0.05, 0) is 12.1 Å². The summed E-state index contributed by atoms with van der Waals surface area (Å²) < 4.78 is 14.5. The zero-order valence-electron chi connectivity index (χ0n) is 14.2. The first-order chi connectivity index (χ1) is 13.2. The average Bonchev–Trinajstić information content (AvgIpc) is 3.14. The summed E-state index contributed by atoms with van der Waals surface area (Å²) in [7, 11) is 0. The quantitative estimate of drug-likeness (QED) is 0.499. The number of hydrogen-bond acceptors (Lipinski definition) is 8. The maximum absolute atomic E-state index is 13.6. The smallest absolute Gasteiger partial charge is 0.234 e. The number of nitrogens with one attached hydrogen (secondary N) is 1. The fourth-order valence-electron chi connectivity index (χ4n) is 2.60. The van der Waals surface area contributed by atoms with E-state index in [2.05, 4.69) is 25.2 Å². The van der Waals surface area contributed by atoms with Gasteiger partial charge in [0.15, 0.2) is 10.8 Å². The molecule has 1 aliphatic heterocycles. The van der Waals surface area contributed by atoms with Gasteiger partial charge in [-0.2, -0.15) is 16.7 Å². The first kappa shape index (κ1) is 18.5. The number of nitrogens with zero attached hydrogens (tertiary/aromatic N) is 4. The molecule has 1 N–H and O–H groups in total. The van der Waals surface area contributed by atoms with Gasteiger partial charge >= 0.3 is 0 Å². The largest absolute Gasteiger partial charge is 0.346 e. The van der Waals surface area contributed by atoms with Crippen molar-refractivity contribution >= 4 is 61.9 Å². The third-order valence-electron chi connectivity index (χ3n) is 3.92. The average molecular weight is 422 g/mol. The van der Waals surface area contributed by atoms with Crippen LogP contribution in [0, 0.1) is 5.82 Å². The molecule has 0 spiro atoms. The van der Waals surface area contributed by atoms with Crippen molar-refractivity contribution < 1.29 is 9.18 Å². The molecule has 6 nitrogen and oxygen atoms in total. The lowest BCUT2D eigenvalue weighted by Crippen LogP contribution is -2.32. The molecule has 0 saturated carbocycles. The Labute approximate surface area is 168 Å². The van der Waals surface area contributed by atoms with Crippen molar-refractivity contribution in [3.05, 3.63) is 36.4 Å². The minimum Gasteiger partial charge on any atom is -0.346 e. The lowest BCUT2D eigenvalue weighted by atomic mass is 10.3. The summed E-state index contributed by atoms with van der Waals surface area (Å²) in [6, 6.07) is 6.11. The zero-order chi connectivity index (χ0) is 18.6. The van der Waals surface area contributed by atoms with Crippen LogP contribution in [0.15, 0.2) is 35.6 Å². The Morgan fingerprint density at radius 2 is 2.07 bits per heavy atom. The van der Waals surface area contributed by atoms with Crippen LogP contribution in [0.25, 0.3) is 10.3 Å². The Bertz CT molecular complexity index is 961. The molecule has 0 bridgehead atoms. The second-order valence-electron chi connectivity index (χ2n) is 5.74. The molecule has 1 amide bonds. The molecule has 1 aliphatic rings. The van der Waals surface area contributed by atoms with E-state index in [0.29, 0.717) is 5.65 Å². The summed E-state index contributed by atoms with van der Waals surface area (Å²) in [6.07, 6.45) is 1.47. The molecule has 1 fully saturated rings. The molecule has 2 aromatic heterocycles. The standard InChI is InChI=1S/C17H16FN5OS3/c18-11-3-1-2-4-12(11)21-13(24)9-26-16-14-15(19-10-20-16)22-17(27-14)23-5-7-25-8-6-23/h1-4,10H,5-9H2,(H,21,24). The first-order valence-corrected chi connectivity index (χ1v) is 11.3. The van der Waals surface area contributed by atoms with Crippen molar-refractivity contribution in [1.82, 2.24) is 15.0 Å². The molecule has 0 atom stereocenters. The number of rotatable bonds is 5. The van der Waals surface area contributed by atoms with E-state index in [0.717, 1.165) is 39.5 Å². The highest BCUT2D eigenvalue weighted by Crippen LogP contribution is 2.34. The summed E-state index contributed by atoms with van der Waals surface area (Å²) in [5.41, 5.74) is 0.833. The van der Waals surface area contributed by atoms with Gasteiger partial charge in [0.2, 0.25) is 5.91 Å². The van der Waals surface area contributed by atoms with Crippen molar-refractivity contribution in [2.45, 2.75) is 5.03 Å². The zero-order valence-corrected chi connectivity index (χ0v) is 16.7. The number of benzene rings is 1. The number of hydrogen-bond donors (Lipinski definition) is 1. The van der Waals surface area contributed by atoms with E-state index in [4.69, 9.17) is 0 Å². The predicted octanol–water partition coefficient (Wildman–Crippen LogP) is 3.51. The van der Waals surface area contributed by atoms with Crippen LogP contribution in [0.4, 0.5) is 15.2 Å². The van der Waals surface area contributed by atoms with Crippen molar-refractivity contribution in [3.63, 3.8) is 0 Å². The van der Waals surface area contributed by atoms with E-state index in [-0.39, 0.29) is 17.3 Å². The Balaban J connectivity index is 1.46. The predicted molar refractivity (Wildman–Crippen MR) is 111 cm³/mol. The van der Waals surface area contributed by atoms with Crippen LogP contribution in [-0.4, -0.2) is 51.2 Å². The summed E-state index contributed by atoms with van der Waals surface area (Å²) in [5.74, 6) is 1.59. The third-order valence-corrected chi connectivity index (χ3v) is 7.09. The molecule has 4 rings (SSSR count). The van der Waals surface area contributed by atoms with Crippen LogP contribution in [-0.2, 0) is 4.79 Å². The van der Waals surface area contributed by atoms with Gasteiger partial charge in [0.05, 0.1) is 11.4 Å². The maximum atomic E-state index is 13.6.